The fourth-order valence-electron chi connectivity index (χ4n) is 2.16. The number of rotatable bonds is 2. The quantitative estimate of drug-likeness (QED) is 0.648. The lowest BCUT2D eigenvalue weighted by Crippen LogP contribution is -2.34. The first-order valence-electron chi connectivity index (χ1n) is 4.95. The van der Waals surface area contributed by atoms with Gasteiger partial charge in [0.25, 0.3) is 0 Å². The predicted molar refractivity (Wildman–Crippen MR) is 56.5 cm³/mol. The Morgan fingerprint density at radius 3 is 2.62 bits per heavy atom. The molecule has 1 fully saturated rings. The highest BCUT2D eigenvalue weighted by molar-refractivity contribution is 5.06. The molecule has 1 aliphatic carbocycles. The van der Waals surface area contributed by atoms with Crippen molar-refractivity contribution in [1.29, 1.82) is 0 Å². The van der Waals surface area contributed by atoms with Gasteiger partial charge in [0.15, 0.2) is 0 Å². The zero-order valence-corrected chi connectivity index (χ0v) is 8.71. The molecule has 0 aliphatic heterocycles. The van der Waals surface area contributed by atoms with Crippen LogP contribution in [0.1, 0.15) is 33.1 Å². The van der Waals surface area contributed by atoms with Crippen molar-refractivity contribution < 1.29 is 5.11 Å². The van der Waals surface area contributed by atoms with Crippen LogP contribution < -0.4 is 0 Å². The van der Waals surface area contributed by atoms with Crippen molar-refractivity contribution in [3.63, 3.8) is 0 Å². The van der Waals surface area contributed by atoms with E-state index in [1.54, 1.807) is 0 Å². The molecule has 0 amide bonds. The molecule has 0 heterocycles. The molecule has 13 heavy (non-hydrogen) atoms. The lowest BCUT2D eigenvalue weighted by atomic mass is 9.69. The molecule has 1 heteroatoms. The van der Waals surface area contributed by atoms with Crippen LogP contribution >= 0.6 is 0 Å². The van der Waals surface area contributed by atoms with Crippen LogP contribution in [0.3, 0.4) is 0 Å². The minimum absolute atomic E-state index is 0.130. The second kappa shape index (κ2) is 3.67. The van der Waals surface area contributed by atoms with E-state index in [-0.39, 0.29) is 11.5 Å². The molecule has 0 saturated heterocycles. The predicted octanol–water partition coefficient (Wildman–Crippen LogP) is 2.92. The van der Waals surface area contributed by atoms with Gasteiger partial charge in [0, 0.05) is 5.92 Å². The van der Waals surface area contributed by atoms with Gasteiger partial charge in [0.1, 0.15) is 0 Å². The Morgan fingerprint density at radius 1 is 1.62 bits per heavy atom. The van der Waals surface area contributed by atoms with Gasteiger partial charge in [-0.3, -0.25) is 0 Å². The summed E-state index contributed by atoms with van der Waals surface area (Å²) < 4.78 is 0. The van der Waals surface area contributed by atoms with Crippen LogP contribution in [0.15, 0.2) is 24.8 Å². The summed E-state index contributed by atoms with van der Waals surface area (Å²) in [5.74, 6) is 0.299. The average molecular weight is 180 g/mol. The zero-order valence-electron chi connectivity index (χ0n) is 8.71. The minimum atomic E-state index is -0.228. The second-order valence-corrected chi connectivity index (χ2v) is 4.62. The largest absolute Gasteiger partial charge is 0.392 e. The van der Waals surface area contributed by atoms with Crippen LogP contribution in [0.25, 0.3) is 0 Å². The molecule has 3 atom stereocenters. The van der Waals surface area contributed by atoms with Gasteiger partial charge < -0.3 is 5.11 Å². The van der Waals surface area contributed by atoms with E-state index in [0.29, 0.717) is 5.92 Å². The van der Waals surface area contributed by atoms with E-state index in [1.807, 2.05) is 13.0 Å². The van der Waals surface area contributed by atoms with E-state index in [2.05, 4.69) is 20.1 Å². The SMILES string of the molecule is C=C[C@]1(C)CC[C@@H](C(=C)C)[C@H](O)C1. The second-order valence-electron chi connectivity index (χ2n) is 4.62. The van der Waals surface area contributed by atoms with Crippen molar-refractivity contribution in [2.45, 2.75) is 39.2 Å². The smallest absolute Gasteiger partial charge is 0.0613 e. The van der Waals surface area contributed by atoms with Gasteiger partial charge in [0.05, 0.1) is 6.10 Å². The molecule has 0 aromatic carbocycles. The number of hydrogen-bond donors (Lipinski definition) is 1. The van der Waals surface area contributed by atoms with E-state index in [4.69, 9.17) is 0 Å². The molecular weight excluding hydrogens is 160 g/mol. The van der Waals surface area contributed by atoms with Crippen molar-refractivity contribution >= 4 is 0 Å². The Labute approximate surface area is 81.2 Å². The van der Waals surface area contributed by atoms with Gasteiger partial charge in [-0.1, -0.05) is 25.2 Å². The van der Waals surface area contributed by atoms with Crippen LogP contribution in [-0.4, -0.2) is 11.2 Å². The fraction of sp³-hybridized carbons (Fsp3) is 0.667. The normalized spacial score (nSPS) is 39.9. The van der Waals surface area contributed by atoms with Crippen molar-refractivity contribution in [3.8, 4) is 0 Å². The van der Waals surface area contributed by atoms with Gasteiger partial charge in [-0.2, -0.15) is 0 Å². The van der Waals surface area contributed by atoms with Crippen molar-refractivity contribution in [2.24, 2.45) is 11.3 Å². The molecule has 1 aliphatic rings. The third-order valence-corrected chi connectivity index (χ3v) is 3.29. The maximum absolute atomic E-state index is 9.90. The summed E-state index contributed by atoms with van der Waals surface area (Å²) in [4.78, 5) is 0. The van der Waals surface area contributed by atoms with Crippen molar-refractivity contribution in [1.82, 2.24) is 0 Å². The maximum atomic E-state index is 9.90. The summed E-state index contributed by atoms with van der Waals surface area (Å²) in [6, 6.07) is 0. The van der Waals surface area contributed by atoms with E-state index in [0.717, 1.165) is 24.8 Å². The molecule has 1 rings (SSSR count). The maximum Gasteiger partial charge on any atom is 0.0613 e. The monoisotopic (exact) mass is 180 g/mol. The molecule has 1 N–H and O–H groups in total. The molecule has 0 unspecified atom stereocenters. The van der Waals surface area contributed by atoms with E-state index in [9.17, 15) is 5.11 Å². The number of allylic oxidation sites excluding steroid dienone is 1. The summed E-state index contributed by atoms with van der Waals surface area (Å²) in [6.07, 6.45) is 4.73. The highest BCUT2D eigenvalue weighted by atomic mass is 16.3. The minimum Gasteiger partial charge on any atom is -0.392 e. The number of aliphatic hydroxyl groups excluding tert-OH is 1. The zero-order chi connectivity index (χ0) is 10.1. The molecule has 0 radical (unpaired) electrons. The lowest BCUT2D eigenvalue weighted by Gasteiger charge is -2.39. The number of aliphatic hydroxyl groups is 1. The molecule has 0 spiro atoms. The topological polar surface area (TPSA) is 20.2 Å². The Kier molecular flexibility index (Phi) is 2.97. The fourth-order valence-corrected chi connectivity index (χ4v) is 2.16. The van der Waals surface area contributed by atoms with Crippen LogP contribution in [0.4, 0.5) is 0 Å². The summed E-state index contributed by atoms with van der Waals surface area (Å²) in [5.41, 5.74) is 1.24. The third kappa shape index (κ3) is 2.22. The summed E-state index contributed by atoms with van der Waals surface area (Å²) in [5, 5.41) is 9.90. The summed E-state index contributed by atoms with van der Waals surface area (Å²) in [7, 11) is 0. The first-order valence-corrected chi connectivity index (χ1v) is 4.95. The van der Waals surface area contributed by atoms with Crippen LogP contribution in [0.2, 0.25) is 0 Å². The highest BCUT2D eigenvalue weighted by Crippen LogP contribution is 2.41. The molecule has 74 valence electrons. The molecule has 1 nitrogen and oxygen atoms in total. The molecule has 1 saturated carbocycles. The lowest BCUT2D eigenvalue weighted by molar-refractivity contribution is 0.0418. The van der Waals surface area contributed by atoms with Gasteiger partial charge in [-0.05, 0) is 31.6 Å². The van der Waals surface area contributed by atoms with Crippen molar-refractivity contribution in [2.75, 3.05) is 0 Å². The van der Waals surface area contributed by atoms with E-state index < -0.39 is 0 Å². The third-order valence-electron chi connectivity index (χ3n) is 3.29. The first-order chi connectivity index (χ1) is 5.98. The Morgan fingerprint density at radius 2 is 2.23 bits per heavy atom. The van der Waals surface area contributed by atoms with E-state index >= 15 is 0 Å². The van der Waals surface area contributed by atoms with Crippen LogP contribution in [0.5, 0.6) is 0 Å². The summed E-state index contributed by atoms with van der Waals surface area (Å²) >= 11 is 0. The van der Waals surface area contributed by atoms with Gasteiger partial charge >= 0.3 is 0 Å². The molecule has 0 aromatic heterocycles. The highest BCUT2D eigenvalue weighted by Gasteiger charge is 2.34. The summed E-state index contributed by atoms with van der Waals surface area (Å²) in [6.45, 7) is 11.9. The molecular formula is C12H20O. The Hall–Kier alpha value is -0.560. The van der Waals surface area contributed by atoms with Gasteiger partial charge in [-0.15, -0.1) is 6.58 Å². The average Bonchev–Trinajstić information content (AvgIpc) is 2.03. The number of hydrogen-bond acceptors (Lipinski definition) is 1. The molecule has 0 aromatic rings. The van der Waals surface area contributed by atoms with E-state index in [1.165, 1.54) is 0 Å². The van der Waals surface area contributed by atoms with Crippen LogP contribution in [0, 0.1) is 11.3 Å². The van der Waals surface area contributed by atoms with Crippen molar-refractivity contribution in [3.05, 3.63) is 24.8 Å². The molecule has 0 bridgehead atoms. The Bertz CT molecular complexity index is 219. The van der Waals surface area contributed by atoms with Gasteiger partial charge in [-0.25, -0.2) is 0 Å². The van der Waals surface area contributed by atoms with Crippen LogP contribution in [-0.2, 0) is 0 Å². The standard InChI is InChI=1S/C12H20O/c1-5-12(4)7-6-10(9(2)3)11(13)8-12/h5,10-11,13H,1-2,6-8H2,3-4H3/t10-,11+,12+/m0/s1. The Balaban J connectivity index is 2.66. The first kappa shape index (κ1) is 10.5. The van der Waals surface area contributed by atoms with Gasteiger partial charge in [0.2, 0.25) is 0 Å².